The van der Waals surface area contributed by atoms with Crippen LogP contribution in [-0.2, 0) is 21.2 Å². The second-order valence-electron chi connectivity index (χ2n) is 6.48. The van der Waals surface area contributed by atoms with E-state index in [0.29, 0.717) is 17.7 Å². The van der Waals surface area contributed by atoms with Crippen molar-refractivity contribution in [3.63, 3.8) is 0 Å². The van der Waals surface area contributed by atoms with Crippen LogP contribution in [0.4, 0.5) is 11.4 Å². The predicted molar refractivity (Wildman–Crippen MR) is 100 cm³/mol. The molecule has 1 aliphatic heterocycles. The van der Waals surface area contributed by atoms with Gasteiger partial charge in [0, 0.05) is 29.9 Å². The summed E-state index contributed by atoms with van der Waals surface area (Å²) < 4.78 is 27.9. The number of ketones is 1. The Balaban J connectivity index is 1.92. The molecular formula is C19H20N2O4S. The summed E-state index contributed by atoms with van der Waals surface area (Å²) in [6, 6.07) is 11.1. The van der Waals surface area contributed by atoms with Gasteiger partial charge in [-0.3, -0.25) is 14.3 Å². The Morgan fingerprint density at radius 2 is 1.85 bits per heavy atom. The number of hydrogen-bond donors (Lipinski definition) is 1. The Morgan fingerprint density at radius 3 is 2.50 bits per heavy atom. The van der Waals surface area contributed by atoms with E-state index in [9.17, 15) is 18.0 Å². The standard InChI is InChI=1S/C19H20N2O4S/c1-12-9-16-11-18(7-8-19(16)21(12)14(3)23)26(24,25)20-17-6-4-5-15(10-17)13(2)22/h4-8,10-12,20H,9H2,1-3H3/t12-/m0/s1. The van der Waals surface area contributed by atoms with Crippen molar-refractivity contribution < 1.29 is 18.0 Å². The molecule has 2 aromatic carbocycles. The first-order chi connectivity index (χ1) is 12.2. The molecule has 0 fully saturated rings. The van der Waals surface area contributed by atoms with Gasteiger partial charge >= 0.3 is 0 Å². The van der Waals surface area contributed by atoms with Gasteiger partial charge in [-0.15, -0.1) is 0 Å². The number of rotatable bonds is 4. The number of Topliss-reactive ketones (excluding diaryl/α,β-unsaturated/α-hetero) is 1. The number of benzene rings is 2. The zero-order valence-corrected chi connectivity index (χ0v) is 15.6. The van der Waals surface area contributed by atoms with Gasteiger partial charge in [0.25, 0.3) is 10.0 Å². The molecule has 0 aromatic heterocycles. The topological polar surface area (TPSA) is 83.6 Å². The minimum absolute atomic E-state index is 0.000612. The fraction of sp³-hybridized carbons (Fsp3) is 0.263. The number of amides is 1. The van der Waals surface area contributed by atoms with E-state index >= 15 is 0 Å². The van der Waals surface area contributed by atoms with Crippen molar-refractivity contribution in [1.29, 1.82) is 0 Å². The van der Waals surface area contributed by atoms with E-state index in [1.54, 1.807) is 35.2 Å². The van der Waals surface area contributed by atoms with E-state index < -0.39 is 10.0 Å². The van der Waals surface area contributed by atoms with Crippen molar-refractivity contribution >= 4 is 33.1 Å². The molecular weight excluding hydrogens is 352 g/mol. The zero-order valence-electron chi connectivity index (χ0n) is 14.8. The molecule has 0 saturated heterocycles. The van der Waals surface area contributed by atoms with Gasteiger partial charge in [-0.05, 0) is 56.2 Å². The monoisotopic (exact) mass is 372 g/mol. The molecule has 6 nitrogen and oxygen atoms in total. The lowest BCUT2D eigenvalue weighted by molar-refractivity contribution is -0.116. The molecule has 0 aliphatic carbocycles. The van der Waals surface area contributed by atoms with Crippen LogP contribution in [0, 0.1) is 0 Å². The van der Waals surface area contributed by atoms with Crippen molar-refractivity contribution in [3.05, 3.63) is 53.6 Å². The average molecular weight is 372 g/mol. The predicted octanol–water partition coefficient (Wildman–Crippen LogP) is 2.99. The van der Waals surface area contributed by atoms with Crippen LogP contribution in [0.3, 0.4) is 0 Å². The minimum atomic E-state index is -3.80. The highest BCUT2D eigenvalue weighted by molar-refractivity contribution is 7.92. The molecule has 1 heterocycles. The second kappa shape index (κ2) is 6.57. The highest BCUT2D eigenvalue weighted by Crippen LogP contribution is 2.34. The quantitative estimate of drug-likeness (QED) is 0.837. The van der Waals surface area contributed by atoms with Crippen molar-refractivity contribution in [1.82, 2.24) is 0 Å². The molecule has 0 radical (unpaired) electrons. The molecule has 2 aromatic rings. The number of nitrogens with one attached hydrogen (secondary N) is 1. The fourth-order valence-electron chi connectivity index (χ4n) is 3.27. The molecule has 136 valence electrons. The van der Waals surface area contributed by atoms with Gasteiger partial charge in [-0.2, -0.15) is 0 Å². The molecule has 0 saturated carbocycles. The zero-order chi connectivity index (χ0) is 19.1. The van der Waals surface area contributed by atoms with Crippen molar-refractivity contribution in [2.24, 2.45) is 0 Å². The summed E-state index contributed by atoms with van der Waals surface area (Å²) in [6.45, 7) is 4.86. The lowest BCUT2D eigenvalue weighted by Gasteiger charge is -2.20. The Kier molecular flexibility index (Phi) is 4.58. The van der Waals surface area contributed by atoms with Gasteiger partial charge in [0.1, 0.15) is 0 Å². The molecule has 0 spiro atoms. The van der Waals surface area contributed by atoms with Crippen molar-refractivity contribution in [3.8, 4) is 0 Å². The largest absolute Gasteiger partial charge is 0.309 e. The summed E-state index contributed by atoms with van der Waals surface area (Å²) in [7, 11) is -3.80. The summed E-state index contributed by atoms with van der Waals surface area (Å²) in [5.41, 5.74) is 2.34. The third kappa shape index (κ3) is 3.35. The fourth-order valence-corrected chi connectivity index (χ4v) is 4.37. The number of hydrogen-bond acceptors (Lipinski definition) is 4. The third-order valence-electron chi connectivity index (χ3n) is 4.44. The molecule has 0 unspecified atom stereocenters. The van der Waals surface area contributed by atoms with Crippen molar-refractivity contribution in [2.75, 3.05) is 9.62 Å². The Labute approximate surface area is 152 Å². The first-order valence-electron chi connectivity index (χ1n) is 8.25. The molecule has 1 atom stereocenters. The number of fused-ring (bicyclic) bond motifs is 1. The molecule has 7 heteroatoms. The summed E-state index contributed by atoms with van der Waals surface area (Å²) in [4.78, 5) is 25.1. The van der Waals surface area contributed by atoms with Gasteiger partial charge in [0.2, 0.25) is 5.91 Å². The Hall–Kier alpha value is -2.67. The maximum absolute atomic E-state index is 12.7. The highest BCUT2D eigenvalue weighted by atomic mass is 32.2. The molecule has 0 bridgehead atoms. The lowest BCUT2D eigenvalue weighted by atomic mass is 10.1. The van der Waals surface area contributed by atoms with E-state index in [2.05, 4.69) is 4.72 Å². The van der Waals surface area contributed by atoms with Crippen LogP contribution in [-0.4, -0.2) is 26.2 Å². The van der Waals surface area contributed by atoms with E-state index in [0.717, 1.165) is 11.3 Å². The first-order valence-corrected chi connectivity index (χ1v) is 9.74. The number of anilines is 2. The number of carbonyl (C=O) groups excluding carboxylic acids is 2. The molecule has 1 N–H and O–H groups in total. The maximum Gasteiger partial charge on any atom is 0.261 e. The van der Waals surface area contributed by atoms with Crippen LogP contribution < -0.4 is 9.62 Å². The molecule has 1 aliphatic rings. The first kappa shape index (κ1) is 18.1. The van der Waals surface area contributed by atoms with Crippen LogP contribution in [0.2, 0.25) is 0 Å². The van der Waals surface area contributed by atoms with Gasteiger partial charge in [-0.25, -0.2) is 8.42 Å². The molecule has 1 amide bonds. The Bertz CT molecular complexity index is 998. The lowest BCUT2D eigenvalue weighted by Crippen LogP contribution is -2.33. The second-order valence-corrected chi connectivity index (χ2v) is 8.16. The van der Waals surface area contributed by atoms with E-state index in [1.807, 2.05) is 6.92 Å². The van der Waals surface area contributed by atoms with Gasteiger partial charge in [0.05, 0.1) is 4.90 Å². The normalized spacial score (nSPS) is 16.3. The maximum atomic E-state index is 12.7. The minimum Gasteiger partial charge on any atom is -0.309 e. The highest BCUT2D eigenvalue weighted by Gasteiger charge is 2.30. The SMILES string of the molecule is CC(=O)c1cccc(NS(=O)(=O)c2ccc3c(c2)C[C@H](C)N3C(C)=O)c1. The van der Waals surface area contributed by atoms with E-state index in [4.69, 9.17) is 0 Å². The summed E-state index contributed by atoms with van der Waals surface area (Å²) in [5.74, 6) is -0.201. The van der Waals surface area contributed by atoms with Gasteiger partial charge < -0.3 is 4.90 Å². The van der Waals surface area contributed by atoms with Crippen LogP contribution in [0.25, 0.3) is 0 Å². The summed E-state index contributed by atoms with van der Waals surface area (Å²) >= 11 is 0. The smallest absolute Gasteiger partial charge is 0.261 e. The van der Waals surface area contributed by atoms with Crippen LogP contribution in [0.1, 0.15) is 36.7 Å². The van der Waals surface area contributed by atoms with E-state index in [-0.39, 0.29) is 22.6 Å². The van der Waals surface area contributed by atoms with Gasteiger partial charge in [-0.1, -0.05) is 12.1 Å². The van der Waals surface area contributed by atoms with Gasteiger partial charge in [0.15, 0.2) is 5.78 Å². The molecule has 3 rings (SSSR count). The number of sulfonamides is 1. The Morgan fingerprint density at radius 1 is 1.12 bits per heavy atom. The van der Waals surface area contributed by atoms with Crippen LogP contribution in [0.15, 0.2) is 47.4 Å². The van der Waals surface area contributed by atoms with Crippen LogP contribution >= 0.6 is 0 Å². The average Bonchev–Trinajstić information content (AvgIpc) is 2.89. The molecule has 26 heavy (non-hydrogen) atoms. The van der Waals surface area contributed by atoms with Crippen molar-refractivity contribution in [2.45, 2.75) is 38.1 Å². The number of nitrogens with zero attached hydrogens (tertiary/aromatic N) is 1. The van der Waals surface area contributed by atoms with Crippen LogP contribution in [0.5, 0.6) is 0 Å². The van der Waals surface area contributed by atoms with E-state index in [1.165, 1.54) is 26.0 Å². The summed E-state index contributed by atoms with van der Waals surface area (Å²) in [5, 5.41) is 0. The number of carbonyl (C=O) groups is 2. The summed E-state index contributed by atoms with van der Waals surface area (Å²) in [6.07, 6.45) is 0.609. The third-order valence-corrected chi connectivity index (χ3v) is 5.82.